The average molecular weight is 190 g/mol. The van der Waals surface area contributed by atoms with E-state index >= 15 is 0 Å². The maximum absolute atomic E-state index is 10.3. The first-order valence-electron chi connectivity index (χ1n) is 3.89. The molecule has 0 saturated heterocycles. The summed E-state index contributed by atoms with van der Waals surface area (Å²) < 4.78 is 1.36. The van der Waals surface area contributed by atoms with Gasteiger partial charge in [0.05, 0.1) is 5.69 Å². The zero-order valence-corrected chi connectivity index (χ0v) is 7.07. The molecule has 70 valence electrons. The number of hydrogen-bond donors (Lipinski definition) is 0. The number of nitro groups is 1. The lowest BCUT2D eigenvalue weighted by atomic mass is 10.3. The van der Waals surface area contributed by atoms with Gasteiger partial charge in [-0.1, -0.05) is 23.2 Å². The largest absolute Gasteiger partial charge is 0.491 e. The summed E-state index contributed by atoms with van der Waals surface area (Å²) in [6, 6.07) is 9.08. The Morgan fingerprint density at radius 3 is 2.57 bits per heavy atom. The molecule has 1 aromatic heterocycles. The van der Waals surface area contributed by atoms with Crippen LogP contribution in [-0.2, 0) is 0 Å². The summed E-state index contributed by atoms with van der Waals surface area (Å²) >= 11 is 0. The Labute approximate surface area is 79.0 Å². The van der Waals surface area contributed by atoms with Gasteiger partial charge in [-0.05, 0) is 17.1 Å². The molecule has 0 fully saturated rings. The van der Waals surface area contributed by atoms with Crippen LogP contribution in [0.15, 0.2) is 36.7 Å². The van der Waals surface area contributed by atoms with Crippen LogP contribution >= 0.6 is 0 Å². The van der Waals surface area contributed by atoms with Crippen molar-refractivity contribution < 1.29 is 4.92 Å². The van der Waals surface area contributed by atoms with E-state index in [1.54, 1.807) is 12.1 Å². The third-order valence-electron chi connectivity index (χ3n) is 1.66. The van der Waals surface area contributed by atoms with Crippen molar-refractivity contribution in [3.05, 3.63) is 46.8 Å². The fourth-order valence-corrected chi connectivity index (χ4v) is 1.04. The van der Waals surface area contributed by atoms with E-state index in [9.17, 15) is 10.1 Å². The van der Waals surface area contributed by atoms with Crippen LogP contribution in [0, 0.1) is 10.1 Å². The molecule has 0 saturated carbocycles. The fraction of sp³-hybridized carbons (Fsp3) is 0. The molecule has 0 N–H and O–H groups in total. The molecule has 0 aliphatic carbocycles. The first kappa shape index (κ1) is 8.36. The summed E-state index contributed by atoms with van der Waals surface area (Å²) in [6.45, 7) is 0. The van der Waals surface area contributed by atoms with Crippen LogP contribution in [0.25, 0.3) is 5.69 Å². The second kappa shape index (κ2) is 3.25. The molecular weight excluding hydrogens is 184 g/mol. The fourth-order valence-electron chi connectivity index (χ4n) is 1.04. The molecule has 14 heavy (non-hydrogen) atoms. The van der Waals surface area contributed by atoms with Crippen molar-refractivity contribution in [1.29, 1.82) is 0 Å². The third-order valence-corrected chi connectivity index (χ3v) is 1.66. The minimum absolute atomic E-state index is 0.395. The minimum Gasteiger partial charge on any atom is -0.390 e. The number of hydrogen-bond acceptors (Lipinski definition) is 4. The van der Waals surface area contributed by atoms with E-state index in [2.05, 4.69) is 10.1 Å². The zero-order valence-electron chi connectivity index (χ0n) is 7.07. The molecule has 1 heterocycles. The Hall–Kier alpha value is -2.24. The van der Waals surface area contributed by atoms with Gasteiger partial charge in [-0.25, -0.2) is 0 Å². The standard InChI is InChI=1S/C8H6N4O2/c13-12(14)8-9-6-11(10-8)7-4-2-1-3-5-7/h1-6H. The van der Waals surface area contributed by atoms with Gasteiger partial charge in [-0.2, -0.15) is 0 Å². The lowest BCUT2D eigenvalue weighted by molar-refractivity contribution is -0.394. The molecule has 0 bridgehead atoms. The van der Waals surface area contributed by atoms with Crippen LogP contribution in [0.4, 0.5) is 5.95 Å². The van der Waals surface area contributed by atoms with Crippen molar-refractivity contribution in [1.82, 2.24) is 14.8 Å². The first-order chi connectivity index (χ1) is 6.77. The second-order valence-electron chi connectivity index (χ2n) is 2.58. The van der Waals surface area contributed by atoms with Gasteiger partial charge in [-0.15, -0.1) is 4.68 Å². The molecule has 2 rings (SSSR count). The van der Waals surface area contributed by atoms with E-state index in [4.69, 9.17) is 0 Å². The monoisotopic (exact) mass is 190 g/mol. The van der Waals surface area contributed by atoms with Crippen LogP contribution in [0.3, 0.4) is 0 Å². The van der Waals surface area contributed by atoms with Gasteiger partial charge < -0.3 is 10.1 Å². The van der Waals surface area contributed by atoms with E-state index < -0.39 is 10.9 Å². The van der Waals surface area contributed by atoms with Crippen LogP contribution < -0.4 is 0 Å². The van der Waals surface area contributed by atoms with Crippen molar-refractivity contribution in [2.75, 3.05) is 0 Å². The maximum atomic E-state index is 10.3. The van der Waals surface area contributed by atoms with E-state index in [0.29, 0.717) is 0 Å². The molecule has 6 heteroatoms. The van der Waals surface area contributed by atoms with Gasteiger partial charge in [0.2, 0.25) is 6.33 Å². The van der Waals surface area contributed by atoms with E-state index in [-0.39, 0.29) is 0 Å². The normalized spacial score (nSPS) is 10.0. The summed E-state index contributed by atoms with van der Waals surface area (Å²) in [5.74, 6) is -0.395. The lowest BCUT2D eigenvalue weighted by Gasteiger charge is -1.92. The van der Waals surface area contributed by atoms with E-state index in [0.717, 1.165) is 5.69 Å². The van der Waals surface area contributed by atoms with Gasteiger partial charge in [-0.3, -0.25) is 0 Å². The molecule has 6 nitrogen and oxygen atoms in total. The van der Waals surface area contributed by atoms with Crippen LogP contribution in [0.5, 0.6) is 0 Å². The number of para-hydroxylation sites is 1. The molecule has 0 amide bonds. The Morgan fingerprint density at radius 2 is 2.00 bits per heavy atom. The molecular formula is C8H6N4O2. The summed E-state index contributed by atoms with van der Waals surface area (Å²) in [4.78, 5) is 13.2. The molecule has 0 unspecified atom stereocenters. The van der Waals surface area contributed by atoms with Crippen LogP contribution in [0.2, 0.25) is 0 Å². The number of nitrogens with zero attached hydrogens (tertiary/aromatic N) is 4. The summed E-state index contributed by atoms with van der Waals surface area (Å²) in [5, 5.41) is 14.0. The molecule has 0 radical (unpaired) electrons. The number of rotatable bonds is 2. The van der Waals surface area contributed by atoms with Gasteiger partial charge in [0.25, 0.3) is 0 Å². The summed E-state index contributed by atoms with van der Waals surface area (Å²) in [5.41, 5.74) is 0.744. The zero-order chi connectivity index (χ0) is 9.97. The predicted octanol–water partition coefficient (Wildman–Crippen LogP) is 1.18. The predicted molar refractivity (Wildman–Crippen MR) is 48.0 cm³/mol. The van der Waals surface area contributed by atoms with E-state index in [1.165, 1.54) is 11.0 Å². The Bertz CT molecular complexity index is 451. The molecule has 2 aromatic rings. The Balaban J connectivity index is 2.39. The molecule has 1 aromatic carbocycles. The number of aromatic nitrogens is 3. The highest BCUT2D eigenvalue weighted by atomic mass is 16.6. The smallest absolute Gasteiger partial charge is 0.390 e. The van der Waals surface area contributed by atoms with Crippen molar-refractivity contribution in [3.8, 4) is 5.69 Å². The summed E-state index contributed by atoms with van der Waals surface area (Å²) in [7, 11) is 0. The minimum atomic E-state index is -0.626. The highest BCUT2D eigenvalue weighted by Crippen LogP contribution is 2.07. The van der Waals surface area contributed by atoms with E-state index in [1.807, 2.05) is 18.2 Å². The Kier molecular flexibility index (Phi) is 1.94. The van der Waals surface area contributed by atoms with Crippen molar-refractivity contribution in [2.45, 2.75) is 0 Å². The lowest BCUT2D eigenvalue weighted by Crippen LogP contribution is -1.95. The molecule has 0 aliphatic rings. The number of benzene rings is 1. The summed E-state index contributed by atoms with van der Waals surface area (Å²) in [6.07, 6.45) is 1.31. The van der Waals surface area contributed by atoms with Gasteiger partial charge in [0.15, 0.2) is 0 Å². The van der Waals surface area contributed by atoms with Crippen LogP contribution in [0.1, 0.15) is 0 Å². The highest BCUT2D eigenvalue weighted by molar-refractivity contribution is 5.29. The average Bonchev–Trinajstić information content (AvgIpc) is 2.68. The van der Waals surface area contributed by atoms with Crippen molar-refractivity contribution in [3.63, 3.8) is 0 Å². The molecule has 0 aliphatic heterocycles. The van der Waals surface area contributed by atoms with Crippen LogP contribution in [-0.4, -0.2) is 19.7 Å². The molecule has 0 spiro atoms. The van der Waals surface area contributed by atoms with Gasteiger partial charge in [0, 0.05) is 5.10 Å². The highest BCUT2D eigenvalue weighted by Gasteiger charge is 2.13. The maximum Gasteiger partial charge on any atom is 0.491 e. The quantitative estimate of drug-likeness (QED) is 0.526. The topological polar surface area (TPSA) is 73.8 Å². The third kappa shape index (κ3) is 1.45. The molecule has 0 atom stereocenters. The first-order valence-corrected chi connectivity index (χ1v) is 3.89. The Morgan fingerprint density at radius 1 is 1.29 bits per heavy atom. The van der Waals surface area contributed by atoms with Gasteiger partial charge in [0.1, 0.15) is 0 Å². The SMILES string of the molecule is O=[N+]([O-])c1ncn(-c2ccccc2)n1. The van der Waals surface area contributed by atoms with Crippen molar-refractivity contribution >= 4 is 5.95 Å². The van der Waals surface area contributed by atoms with Crippen molar-refractivity contribution in [2.24, 2.45) is 0 Å². The van der Waals surface area contributed by atoms with Gasteiger partial charge >= 0.3 is 5.95 Å². The second-order valence-corrected chi connectivity index (χ2v) is 2.58.